The second-order valence-electron chi connectivity index (χ2n) is 6.13. The van der Waals surface area contributed by atoms with Crippen molar-refractivity contribution in [1.29, 1.82) is 0 Å². The van der Waals surface area contributed by atoms with Crippen molar-refractivity contribution in [2.24, 2.45) is 0 Å². The largest absolute Gasteiger partial charge is 0.328 e. The van der Waals surface area contributed by atoms with Gasteiger partial charge in [-0.2, -0.15) is 0 Å². The Kier molecular flexibility index (Phi) is 4.04. The van der Waals surface area contributed by atoms with Crippen molar-refractivity contribution < 1.29 is 4.79 Å². The van der Waals surface area contributed by atoms with E-state index in [-0.39, 0.29) is 6.03 Å². The number of carbonyl (C=O) groups excluding carboxylic acids is 1. The molecule has 3 nitrogen and oxygen atoms in total. The van der Waals surface area contributed by atoms with Crippen LogP contribution in [0, 0.1) is 0 Å². The van der Waals surface area contributed by atoms with Crippen molar-refractivity contribution in [3.05, 3.63) is 30.3 Å². The highest BCUT2D eigenvalue weighted by atomic mass is 28.3. The van der Waals surface area contributed by atoms with Crippen LogP contribution in [0.4, 0.5) is 4.79 Å². The van der Waals surface area contributed by atoms with Gasteiger partial charge in [-0.25, -0.2) is 4.79 Å². The van der Waals surface area contributed by atoms with E-state index in [2.05, 4.69) is 31.8 Å². The molecule has 0 aliphatic heterocycles. The lowest BCUT2D eigenvalue weighted by atomic mass is 10.2. The molecule has 1 aromatic carbocycles. The SMILES string of the molecule is CCN(CC)C(=O)n1c([Si](C)(C)C)cc2ccccc21. The molecule has 0 saturated heterocycles. The summed E-state index contributed by atoms with van der Waals surface area (Å²) in [7, 11) is -1.58. The maximum Gasteiger partial charge on any atom is 0.328 e. The Morgan fingerprint density at radius 1 is 1.15 bits per heavy atom. The molecule has 2 rings (SSSR count). The van der Waals surface area contributed by atoms with E-state index in [0.29, 0.717) is 0 Å². The van der Waals surface area contributed by atoms with Gasteiger partial charge < -0.3 is 4.90 Å². The van der Waals surface area contributed by atoms with Gasteiger partial charge in [-0.3, -0.25) is 4.57 Å². The van der Waals surface area contributed by atoms with Crippen molar-refractivity contribution in [2.45, 2.75) is 33.5 Å². The first-order valence-electron chi connectivity index (χ1n) is 7.30. The van der Waals surface area contributed by atoms with Crippen molar-refractivity contribution >= 4 is 30.3 Å². The summed E-state index contributed by atoms with van der Waals surface area (Å²) in [5, 5.41) is 2.36. The standard InChI is InChI=1S/C16H24N2OSi/c1-6-17(7-2)16(19)18-14-11-9-8-10-13(14)12-15(18)20(3,4)5/h8-12H,6-7H2,1-5H3. The summed E-state index contributed by atoms with van der Waals surface area (Å²) >= 11 is 0. The summed E-state index contributed by atoms with van der Waals surface area (Å²) in [5.74, 6) is 0. The molecule has 1 heterocycles. The highest BCUT2D eigenvalue weighted by molar-refractivity contribution is 6.88. The fraction of sp³-hybridized carbons (Fsp3) is 0.438. The second-order valence-corrected chi connectivity index (χ2v) is 11.1. The van der Waals surface area contributed by atoms with Crippen LogP contribution in [-0.2, 0) is 0 Å². The zero-order chi connectivity index (χ0) is 14.9. The van der Waals surface area contributed by atoms with E-state index in [1.807, 2.05) is 41.5 Å². The van der Waals surface area contributed by atoms with Crippen LogP contribution >= 0.6 is 0 Å². The fourth-order valence-corrected chi connectivity index (χ4v) is 4.02. The monoisotopic (exact) mass is 288 g/mol. The van der Waals surface area contributed by atoms with Gasteiger partial charge in [0, 0.05) is 18.4 Å². The summed E-state index contributed by atoms with van der Waals surface area (Å²) in [4.78, 5) is 14.7. The van der Waals surface area contributed by atoms with Crippen LogP contribution in [0.25, 0.3) is 10.9 Å². The van der Waals surface area contributed by atoms with Crippen LogP contribution in [0.2, 0.25) is 19.6 Å². The lowest BCUT2D eigenvalue weighted by molar-refractivity contribution is 0.206. The summed E-state index contributed by atoms with van der Waals surface area (Å²) in [5.41, 5.74) is 1.03. The molecule has 0 fully saturated rings. The highest BCUT2D eigenvalue weighted by Gasteiger charge is 2.27. The van der Waals surface area contributed by atoms with Crippen LogP contribution in [0.5, 0.6) is 0 Å². The van der Waals surface area contributed by atoms with Crippen LogP contribution in [-0.4, -0.2) is 36.7 Å². The summed E-state index contributed by atoms with van der Waals surface area (Å²) in [6.07, 6.45) is 0. The van der Waals surface area contributed by atoms with E-state index in [1.165, 1.54) is 5.32 Å². The Morgan fingerprint density at radius 3 is 2.30 bits per heavy atom. The predicted molar refractivity (Wildman–Crippen MR) is 88.6 cm³/mol. The molecule has 0 bridgehead atoms. The number of carbonyl (C=O) groups is 1. The number of fused-ring (bicyclic) bond motifs is 1. The van der Waals surface area contributed by atoms with Crippen LogP contribution < -0.4 is 5.32 Å². The Bertz CT molecular complexity index is 621. The van der Waals surface area contributed by atoms with Crippen molar-refractivity contribution in [3.8, 4) is 0 Å². The van der Waals surface area contributed by atoms with Gasteiger partial charge in [-0.1, -0.05) is 37.8 Å². The van der Waals surface area contributed by atoms with Crippen molar-refractivity contribution in [1.82, 2.24) is 9.47 Å². The first-order valence-corrected chi connectivity index (χ1v) is 10.8. The molecule has 0 radical (unpaired) electrons. The number of rotatable bonds is 3. The van der Waals surface area contributed by atoms with E-state index in [0.717, 1.165) is 24.0 Å². The maximum absolute atomic E-state index is 12.9. The Morgan fingerprint density at radius 2 is 1.75 bits per heavy atom. The molecule has 0 atom stereocenters. The number of benzene rings is 1. The van der Waals surface area contributed by atoms with E-state index in [4.69, 9.17) is 0 Å². The third-order valence-electron chi connectivity index (χ3n) is 3.70. The predicted octanol–water partition coefficient (Wildman–Crippen LogP) is 3.50. The smallest absolute Gasteiger partial charge is 0.325 e. The molecule has 1 amide bonds. The zero-order valence-electron chi connectivity index (χ0n) is 13.1. The number of hydrogen-bond donors (Lipinski definition) is 0. The summed E-state index contributed by atoms with van der Waals surface area (Å²) in [6.45, 7) is 12.4. The van der Waals surface area contributed by atoms with E-state index >= 15 is 0 Å². The lowest BCUT2D eigenvalue weighted by Gasteiger charge is -2.25. The van der Waals surface area contributed by atoms with Gasteiger partial charge in [0.15, 0.2) is 0 Å². The quantitative estimate of drug-likeness (QED) is 0.794. The van der Waals surface area contributed by atoms with Gasteiger partial charge in [0.1, 0.15) is 0 Å². The minimum absolute atomic E-state index is 0.105. The summed E-state index contributed by atoms with van der Waals surface area (Å²) < 4.78 is 1.94. The topological polar surface area (TPSA) is 25.2 Å². The van der Waals surface area contributed by atoms with Crippen LogP contribution in [0.15, 0.2) is 30.3 Å². The lowest BCUT2D eigenvalue weighted by Crippen LogP contribution is -2.48. The molecule has 0 N–H and O–H groups in total. The van der Waals surface area contributed by atoms with Gasteiger partial charge in [-0.15, -0.1) is 0 Å². The van der Waals surface area contributed by atoms with Gasteiger partial charge in [0.05, 0.1) is 13.6 Å². The van der Waals surface area contributed by atoms with Gasteiger partial charge >= 0.3 is 6.03 Å². The molecule has 0 aliphatic carbocycles. The Labute approximate surface area is 122 Å². The molecule has 108 valence electrons. The molecule has 0 aliphatic rings. The van der Waals surface area contributed by atoms with Crippen molar-refractivity contribution in [2.75, 3.05) is 13.1 Å². The number of hydrogen-bond acceptors (Lipinski definition) is 1. The Hall–Kier alpha value is -1.55. The first-order chi connectivity index (χ1) is 9.40. The molecule has 20 heavy (non-hydrogen) atoms. The van der Waals surface area contributed by atoms with Gasteiger partial charge in [-0.05, 0) is 31.4 Å². The average Bonchev–Trinajstić information content (AvgIpc) is 2.79. The normalized spacial score (nSPS) is 11.8. The number of amides is 1. The molecule has 0 saturated carbocycles. The molecular weight excluding hydrogens is 264 g/mol. The van der Waals surface area contributed by atoms with Gasteiger partial charge in [0.25, 0.3) is 0 Å². The number of para-hydroxylation sites is 1. The van der Waals surface area contributed by atoms with E-state index < -0.39 is 8.07 Å². The second kappa shape index (κ2) is 5.44. The molecular formula is C16H24N2OSi. The minimum Gasteiger partial charge on any atom is -0.325 e. The molecule has 2 aromatic rings. The van der Waals surface area contributed by atoms with Crippen LogP contribution in [0.1, 0.15) is 13.8 Å². The number of nitrogens with zero attached hydrogens (tertiary/aromatic N) is 2. The molecule has 4 heteroatoms. The number of aromatic nitrogens is 1. The third-order valence-corrected chi connectivity index (χ3v) is 5.61. The van der Waals surface area contributed by atoms with Crippen molar-refractivity contribution in [3.63, 3.8) is 0 Å². The minimum atomic E-state index is -1.58. The van der Waals surface area contributed by atoms with E-state index in [9.17, 15) is 4.79 Å². The Balaban J connectivity index is 2.68. The van der Waals surface area contributed by atoms with Crippen LogP contribution in [0.3, 0.4) is 0 Å². The average molecular weight is 288 g/mol. The molecule has 0 spiro atoms. The molecule has 0 unspecified atom stereocenters. The van der Waals surface area contributed by atoms with Gasteiger partial charge in [0.2, 0.25) is 0 Å². The maximum atomic E-state index is 12.9. The third kappa shape index (κ3) is 2.52. The zero-order valence-corrected chi connectivity index (χ0v) is 14.1. The van der Waals surface area contributed by atoms with E-state index in [1.54, 1.807) is 0 Å². The molecule has 1 aromatic heterocycles. The summed E-state index contributed by atoms with van der Waals surface area (Å²) in [6, 6.07) is 10.5. The fourth-order valence-electron chi connectivity index (χ4n) is 2.55. The first kappa shape index (κ1) is 14.8. The highest BCUT2D eigenvalue weighted by Crippen LogP contribution is 2.18.